The Labute approximate surface area is 231 Å². The van der Waals surface area contributed by atoms with Gasteiger partial charge in [0.15, 0.2) is 0 Å². The Kier molecular flexibility index (Phi) is 13.8. The molecule has 0 spiro atoms. The Hall–Kier alpha value is -3.68. The van der Waals surface area contributed by atoms with E-state index in [1.807, 2.05) is 27.7 Å². The van der Waals surface area contributed by atoms with E-state index < -0.39 is 0 Å². The molecule has 0 heterocycles. The maximum atomic E-state index is 12.2. The summed E-state index contributed by atoms with van der Waals surface area (Å²) in [5.74, 6) is -0.00550. The fourth-order valence-corrected chi connectivity index (χ4v) is 3.80. The third kappa shape index (κ3) is 11.3. The van der Waals surface area contributed by atoms with Crippen LogP contribution in [0.1, 0.15) is 96.6 Å². The first-order valence-electron chi connectivity index (χ1n) is 13.9. The summed E-state index contributed by atoms with van der Waals surface area (Å²) in [6.45, 7) is 7.58. The third-order valence-electron chi connectivity index (χ3n) is 5.70. The number of hydrogen-bond acceptors (Lipinski definition) is 8. The Morgan fingerprint density at radius 1 is 0.513 bits per heavy atom. The quantitative estimate of drug-likeness (QED) is 0.171. The zero-order valence-corrected chi connectivity index (χ0v) is 23.5. The number of hydrogen-bond donors (Lipinski definition) is 0. The molecule has 0 amide bonds. The van der Waals surface area contributed by atoms with E-state index >= 15 is 0 Å². The van der Waals surface area contributed by atoms with Gasteiger partial charge < -0.3 is 18.9 Å². The van der Waals surface area contributed by atoms with Crippen molar-refractivity contribution in [2.45, 2.75) is 98.3 Å². The fourth-order valence-electron chi connectivity index (χ4n) is 3.80. The summed E-state index contributed by atoms with van der Waals surface area (Å²) in [4.78, 5) is 48.3. The van der Waals surface area contributed by atoms with E-state index in [0.717, 1.165) is 11.1 Å². The lowest BCUT2D eigenvalue weighted by molar-refractivity contribution is -0.135. The highest BCUT2D eigenvalue weighted by molar-refractivity contribution is 5.75. The molecule has 0 fully saturated rings. The van der Waals surface area contributed by atoms with Gasteiger partial charge in [-0.2, -0.15) is 0 Å². The smallest absolute Gasteiger partial charge is 0.311 e. The number of ether oxygens (including phenoxy) is 4. The van der Waals surface area contributed by atoms with Crippen LogP contribution in [0, 0.1) is 0 Å². The van der Waals surface area contributed by atoms with Crippen molar-refractivity contribution in [1.82, 2.24) is 0 Å². The summed E-state index contributed by atoms with van der Waals surface area (Å²) in [6.07, 6.45) is 5.60. The second-order valence-corrected chi connectivity index (χ2v) is 9.29. The molecule has 0 aliphatic rings. The molecule has 8 heteroatoms. The normalized spacial score (nSPS) is 10.6. The minimum atomic E-state index is -0.353. The van der Waals surface area contributed by atoms with Crippen LogP contribution in [0.15, 0.2) is 36.4 Å². The zero-order valence-electron chi connectivity index (χ0n) is 23.5. The third-order valence-corrected chi connectivity index (χ3v) is 5.70. The SMILES string of the molecule is CCCC(=O)Oc1ccc(CCCc2ccc(OC(=O)CCC)cc2OC(=O)CCC)c(OC(=O)CCC)c1. The van der Waals surface area contributed by atoms with Gasteiger partial charge in [-0.25, -0.2) is 0 Å². The lowest BCUT2D eigenvalue weighted by Crippen LogP contribution is -2.11. The fraction of sp³-hybridized carbons (Fsp3) is 0.484. The van der Waals surface area contributed by atoms with Gasteiger partial charge in [0, 0.05) is 37.8 Å². The van der Waals surface area contributed by atoms with E-state index in [0.29, 0.717) is 80.8 Å². The van der Waals surface area contributed by atoms with E-state index in [1.165, 1.54) is 0 Å². The van der Waals surface area contributed by atoms with Crippen molar-refractivity contribution in [2.75, 3.05) is 0 Å². The Morgan fingerprint density at radius 2 is 0.846 bits per heavy atom. The molecule has 0 saturated heterocycles. The van der Waals surface area contributed by atoms with Crippen LogP contribution in [0.25, 0.3) is 0 Å². The van der Waals surface area contributed by atoms with Crippen molar-refractivity contribution in [2.24, 2.45) is 0 Å². The van der Waals surface area contributed by atoms with E-state index in [2.05, 4.69) is 0 Å². The number of esters is 4. The average molecular weight is 541 g/mol. The monoisotopic (exact) mass is 540 g/mol. The molecular weight excluding hydrogens is 500 g/mol. The first-order chi connectivity index (χ1) is 18.8. The maximum Gasteiger partial charge on any atom is 0.311 e. The second kappa shape index (κ2) is 17.0. The number of carbonyl (C=O) groups is 4. The van der Waals surface area contributed by atoms with Crippen LogP contribution >= 0.6 is 0 Å². The first kappa shape index (κ1) is 31.5. The molecule has 0 radical (unpaired) electrons. The van der Waals surface area contributed by atoms with Gasteiger partial charge >= 0.3 is 23.9 Å². The van der Waals surface area contributed by atoms with Crippen molar-refractivity contribution in [3.8, 4) is 23.0 Å². The van der Waals surface area contributed by atoms with Crippen LogP contribution < -0.4 is 18.9 Å². The summed E-state index contributed by atoms with van der Waals surface area (Å²) in [6, 6.07) is 10.1. The van der Waals surface area contributed by atoms with Gasteiger partial charge in [0.1, 0.15) is 23.0 Å². The highest BCUT2D eigenvalue weighted by atomic mass is 16.6. The molecule has 0 aliphatic heterocycles. The Balaban J connectivity index is 2.20. The minimum absolute atomic E-state index is 0.279. The van der Waals surface area contributed by atoms with Gasteiger partial charge in [-0.3, -0.25) is 19.2 Å². The molecule has 0 bridgehead atoms. The van der Waals surface area contributed by atoms with Crippen LogP contribution in [-0.2, 0) is 32.0 Å². The Morgan fingerprint density at radius 3 is 1.18 bits per heavy atom. The largest absolute Gasteiger partial charge is 0.426 e. The summed E-state index contributed by atoms with van der Waals surface area (Å²) < 4.78 is 22.0. The minimum Gasteiger partial charge on any atom is -0.426 e. The molecule has 0 atom stereocenters. The number of benzene rings is 2. The molecule has 0 unspecified atom stereocenters. The van der Waals surface area contributed by atoms with E-state index in [9.17, 15) is 19.2 Å². The molecule has 2 aromatic rings. The summed E-state index contributed by atoms with van der Waals surface area (Å²) in [7, 11) is 0. The van der Waals surface area contributed by atoms with Gasteiger partial charge in [-0.1, -0.05) is 39.8 Å². The van der Waals surface area contributed by atoms with Gasteiger partial charge in [0.05, 0.1) is 0 Å². The predicted octanol–water partition coefficient (Wildman–Crippen LogP) is 6.68. The molecule has 39 heavy (non-hydrogen) atoms. The van der Waals surface area contributed by atoms with Gasteiger partial charge in [-0.15, -0.1) is 0 Å². The van der Waals surface area contributed by atoms with E-state index in [-0.39, 0.29) is 36.7 Å². The van der Waals surface area contributed by atoms with Crippen LogP contribution in [0.4, 0.5) is 0 Å². The van der Waals surface area contributed by atoms with Gasteiger partial charge in [-0.05, 0) is 68.2 Å². The first-order valence-corrected chi connectivity index (χ1v) is 13.9. The van der Waals surface area contributed by atoms with Gasteiger partial charge in [0.2, 0.25) is 0 Å². The number of aryl methyl sites for hydroxylation is 2. The van der Waals surface area contributed by atoms with Crippen molar-refractivity contribution < 1.29 is 38.1 Å². The van der Waals surface area contributed by atoms with Crippen LogP contribution in [0.5, 0.6) is 23.0 Å². The zero-order chi connectivity index (χ0) is 28.6. The number of rotatable bonds is 16. The second-order valence-electron chi connectivity index (χ2n) is 9.29. The van der Waals surface area contributed by atoms with E-state index in [1.54, 1.807) is 36.4 Å². The average Bonchev–Trinajstić information content (AvgIpc) is 2.87. The van der Waals surface area contributed by atoms with Crippen molar-refractivity contribution in [3.63, 3.8) is 0 Å². The van der Waals surface area contributed by atoms with Crippen molar-refractivity contribution >= 4 is 23.9 Å². The predicted molar refractivity (Wildman–Crippen MR) is 147 cm³/mol. The molecular formula is C31H40O8. The molecule has 8 nitrogen and oxygen atoms in total. The van der Waals surface area contributed by atoms with Crippen LogP contribution in [0.2, 0.25) is 0 Å². The summed E-state index contributed by atoms with van der Waals surface area (Å²) >= 11 is 0. The molecule has 2 aromatic carbocycles. The van der Waals surface area contributed by atoms with Crippen molar-refractivity contribution in [1.29, 1.82) is 0 Å². The summed E-state index contributed by atoms with van der Waals surface area (Å²) in [5, 5.41) is 0. The van der Waals surface area contributed by atoms with Crippen molar-refractivity contribution in [3.05, 3.63) is 47.5 Å². The van der Waals surface area contributed by atoms with Gasteiger partial charge in [0.25, 0.3) is 0 Å². The lowest BCUT2D eigenvalue weighted by Gasteiger charge is -2.14. The van der Waals surface area contributed by atoms with E-state index in [4.69, 9.17) is 18.9 Å². The topological polar surface area (TPSA) is 105 Å². The molecule has 0 aromatic heterocycles. The van der Waals surface area contributed by atoms with Crippen LogP contribution in [-0.4, -0.2) is 23.9 Å². The Bertz CT molecular complexity index is 1030. The highest BCUT2D eigenvalue weighted by Crippen LogP contribution is 2.30. The molecule has 0 saturated carbocycles. The molecule has 2 rings (SSSR count). The molecule has 0 N–H and O–H groups in total. The highest BCUT2D eigenvalue weighted by Gasteiger charge is 2.15. The lowest BCUT2D eigenvalue weighted by atomic mass is 10.0. The number of carbonyl (C=O) groups excluding carboxylic acids is 4. The molecule has 212 valence electrons. The van der Waals surface area contributed by atoms with Crippen LogP contribution in [0.3, 0.4) is 0 Å². The maximum absolute atomic E-state index is 12.2. The standard InChI is InChI=1S/C31H40O8/c1-5-10-28(32)36-24-18-16-22(26(20-24)38-30(34)12-7-3)14-9-15-23-17-19-25(37-29(33)11-6-2)21-27(23)39-31(35)13-8-4/h16-21H,5-15H2,1-4H3. The summed E-state index contributed by atoms with van der Waals surface area (Å²) in [5.41, 5.74) is 1.59. The molecule has 0 aliphatic carbocycles.